The lowest BCUT2D eigenvalue weighted by Gasteiger charge is -2.41. The predicted octanol–water partition coefficient (Wildman–Crippen LogP) is 3.79. The number of carbonyl (C=O) groups is 2. The van der Waals surface area contributed by atoms with Crippen molar-refractivity contribution in [1.29, 1.82) is 0 Å². The molecule has 0 aliphatic carbocycles. The van der Waals surface area contributed by atoms with Crippen LogP contribution in [0.5, 0.6) is 0 Å². The van der Waals surface area contributed by atoms with Gasteiger partial charge in [-0.1, -0.05) is 17.3 Å². The van der Waals surface area contributed by atoms with Crippen LogP contribution in [0.3, 0.4) is 0 Å². The normalized spacial score (nSPS) is 23.2. The van der Waals surface area contributed by atoms with Crippen molar-refractivity contribution in [1.82, 2.24) is 4.90 Å². The third-order valence-corrected chi connectivity index (χ3v) is 5.83. The predicted molar refractivity (Wildman–Crippen MR) is 110 cm³/mol. The zero-order valence-electron chi connectivity index (χ0n) is 17.4. The number of benzene rings is 1. The molecule has 0 N–H and O–H groups in total. The first-order valence-corrected chi connectivity index (χ1v) is 10.5. The van der Waals surface area contributed by atoms with Gasteiger partial charge >= 0.3 is 5.97 Å². The van der Waals surface area contributed by atoms with Gasteiger partial charge in [-0.2, -0.15) is 0 Å². The van der Waals surface area contributed by atoms with Gasteiger partial charge in [-0.25, -0.2) is 4.39 Å². The third kappa shape index (κ3) is 4.47. The Morgan fingerprint density at radius 1 is 1.29 bits per heavy atom. The molecule has 3 heterocycles. The molecule has 2 aromatic rings. The Morgan fingerprint density at radius 2 is 2.10 bits per heavy atom. The fraction of sp³-hybridized carbons (Fsp3) is 0.435. The highest BCUT2D eigenvalue weighted by molar-refractivity contribution is 6.01. The lowest BCUT2D eigenvalue weighted by atomic mass is 9.74. The zero-order valence-corrected chi connectivity index (χ0v) is 17.4. The summed E-state index contributed by atoms with van der Waals surface area (Å²) < 4.78 is 23.9. The maximum Gasteiger partial charge on any atom is 0.314 e. The van der Waals surface area contributed by atoms with Gasteiger partial charge in [0, 0.05) is 25.9 Å². The SMILES string of the molecule is CCOC(=O)[C@@]1(C[C@@H]2CC(c3ccc(F)cc3)=NO2)CCCN(C(=O)c2ccco2)C1. The van der Waals surface area contributed by atoms with Crippen LogP contribution in [0, 0.1) is 11.2 Å². The molecule has 0 bridgehead atoms. The molecule has 1 amide bonds. The Balaban J connectivity index is 1.49. The highest BCUT2D eigenvalue weighted by Crippen LogP contribution is 2.39. The van der Waals surface area contributed by atoms with E-state index in [0.717, 1.165) is 5.56 Å². The molecule has 1 aromatic heterocycles. The third-order valence-electron chi connectivity index (χ3n) is 5.83. The summed E-state index contributed by atoms with van der Waals surface area (Å²) in [6.45, 7) is 2.80. The van der Waals surface area contributed by atoms with Gasteiger partial charge in [0.05, 0.1) is 24.0 Å². The van der Waals surface area contributed by atoms with Crippen LogP contribution >= 0.6 is 0 Å². The number of oxime groups is 1. The van der Waals surface area contributed by atoms with Crippen molar-refractivity contribution in [2.45, 2.75) is 38.7 Å². The fourth-order valence-electron chi connectivity index (χ4n) is 4.35. The largest absolute Gasteiger partial charge is 0.466 e. The number of carbonyl (C=O) groups excluding carboxylic acids is 2. The second-order valence-corrected chi connectivity index (χ2v) is 7.99. The first-order valence-electron chi connectivity index (χ1n) is 10.5. The van der Waals surface area contributed by atoms with Gasteiger partial charge in [0.25, 0.3) is 5.91 Å². The van der Waals surface area contributed by atoms with E-state index in [0.29, 0.717) is 37.9 Å². The number of piperidine rings is 1. The standard InChI is InChI=1S/C23H25FN2O5/c1-2-29-22(28)23(10-4-11-26(15-23)21(27)20-5-3-12-30-20)14-18-13-19(25-31-18)16-6-8-17(24)9-7-16/h3,5-9,12,18H,2,4,10-11,13-15H2,1H3/t18-,23+/m0/s1. The van der Waals surface area contributed by atoms with E-state index in [4.69, 9.17) is 14.0 Å². The molecule has 2 atom stereocenters. The van der Waals surface area contributed by atoms with Crippen LogP contribution in [0.2, 0.25) is 0 Å². The Bertz CT molecular complexity index is 957. The first kappa shape index (κ1) is 21.1. The minimum Gasteiger partial charge on any atom is -0.466 e. The number of halogens is 1. The maximum absolute atomic E-state index is 13.2. The summed E-state index contributed by atoms with van der Waals surface area (Å²) >= 11 is 0. The van der Waals surface area contributed by atoms with Gasteiger partial charge in [-0.15, -0.1) is 0 Å². The molecule has 7 nitrogen and oxygen atoms in total. The molecule has 1 fully saturated rings. The number of hydrogen-bond donors (Lipinski definition) is 0. The molecule has 0 unspecified atom stereocenters. The average Bonchev–Trinajstić information content (AvgIpc) is 3.47. The monoisotopic (exact) mass is 428 g/mol. The number of nitrogens with zero attached hydrogens (tertiary/aromatic N) is 2. The van der Waals surface area contributed by atoms with E-state index in [1.54, 1.807) is 36.1 Å². The van der Waals surface area contributed by atoms with Crippen molar-refractivity contribution in [2.24, 2.45) is 10.6 Å². The van der Waals surface area contributed by atoms with Crippen LogP contribution in [0.25, 0.3) is 0 Å². The summed E-state index contributed by atoms with van der Waals surface area (Å²) in [6, 6.07) is 9.36. The molecule has 1 saturated heterocycles. The summed E-state index contributed by atoms with van der Waals surface area (Å²) in [4.78, 5) is 33.1. The van der Waals surface area contributed by atoms with Gasteiger partial charge < -0.3 is 18.9 Å². The number of hydrogen-bond acceptors (Lipinski definition) is 6. The van der Waals surface area contributed by atoms with Crippen LogP contribution in [-0.2, 0) is 14.4 Å². The van der Waals surface area contributed by atoms with E-state index in [-0.39, 0.29) is 42.7 Å². The molecule has 2 aliphatic rings. The molecule has 0 radical (unpaired) electrons. The zero-order chi connectivity index (χ0) is 21.8. The van der Waals surface area contributed by atoms with Crippen molar-refractivity contribution in [3.05, 3.63) is 59.8 Å². The van der Waals surface area contributed by atoms with Crippen LogP contribution < -0.4 is 0 Å². The maximum atomic E-state index is 13.2. The van der Waals surface area contributed by atoms with Crippen molar-refractivity contribution in [3.63, 3.8) is 0 Å². The molecule has 8 heteroatoms. The van der Waals surface area contributed by atoms with Crippen LogP contribution in [0.1, 0.15) is 48.7 Å². The lowest BCUT2D eigenvalue weighted by molar-refractivity contribution is -0.161. The second kappa shape index (κ2) is 8.91. The molecular formula is C23H25FN2O5. The number of ether oxygens (including phenoxy) is 1. The summed E-state index contributed by atoms with van der Waals surface area (Å²) in [7, 11) is 0. The lowest BCUT2D eigenvalue weighted by Crippen LogP contribution is -2.51. The smallest absolute Gasteiger partial charge is 0.314 e. The van der Waals surface area contributed by atoms with Gasteiger partial charge in [-0.05, 0) is 49.6 Å². The molecule has 0 saturated carbocycles. The Morgan fingerprint density at radius 3 is 2.81 bits per heavy atom. The molecule has 4 rings (SSSR count). The van der Waals surface area contributed by atoms with Gasteiger partial charge in [-0.3, -0.25) is 9.59 Å². The number of rotatable bonds is 6. The minimum atomic E-state index is -0.880. The van der Waals surface area contributed by atoms with Crippen LogP contribution in [0.4, 0.5) is 4.39 Å². The van der Waals surface area contributed by atoms with Gasteiger partial charge in [0.2, 0.25) is 0 Å². The molecular weight excluding hydrogens is 403 g/mol. The van der Waals surface area contributed by atoms with E-state index >= 15 is 0 Å². The van der Waals surface area contributed by atoms with Crippen molar-refractivity contribution in [3.8, 4) is 0 Å². The van der Waals surface area contributed by atoms with Crippen molar-refractivity contribution in [2.75, 3.05) is 19.7 Å². The summed E-state index contributed by atoms with van der Waals surface area (Å²) in [6.07, 6.45) is 3.27. The highest BCUT2D eigenvalue weighted by Gasteiger charge is 2.48. The topological polar surface area (TPSA) is 81.3 Å². The molecule has 31 heavy (non-hydrogen) atoms. The van der Waals surface area contributed by atoms with E-state index < -0.39 is 5.41 Å². The van der Waals surface area contributed by atoms with Gasteiger partial charge in [0.1, 0.15) is 11.9 Å². The van der Waals surface area contributed by atoms with Crippen molar-refractivity contribution < 1.29 is 28.0 Å². The van der Waals surface area contributed by atoms with Crippen molar-refractivity contribution >= 4 is 17.6 Å². The number of furan rings is 1. The first-order chi connectivity index (χ1) is 15.0. The Labute approximate surface area is 179 Å². The molecule has 164 valence electrons. The molecule has 0 spiro atoms. The van der Waals surface area contributed by atoms with Crippen LogP contribution in [0.15, 0.2) is 52.2 Å². The van der Waals surface area contributed by atoms with E-state index in [1.807, 2.05) is 0 Å². The number of amides is 1. The number of likely N-dealkylation sites (tertiary alicyclic amines) is 1. The Kier molecular flexibility index (Phi) is 6.06. The fourth-order valence-corrected chi connectivity index (χ4v) is 4.35. The highest BCUT2D eigenvalue weighted by atomic mass is 19.1. The number of esters is 1. The van der Waals surface area contributed by atoms with Crippen LogP contribution in [-0.4, -0.2) is 48.3 Å². The van der Waals surface area contributed by atoms with Gasteiger partial charge in [0.15, 0.2) is 5.76 Å². The Hall–Kier alpha value is -3.16. The molecule has 1 aromatic carbocycles. The summed E-state index contributed by atoms with van der Waals surface area (Å²) in [5, 5.41) is 4.16. The van der Waals surface area contributed by atoms with E-state index in [9.17, 15) is 14.0 Å². The average molecular weight is 428 g/mol. The quantitative estimate of drug-likeness (QED) is 0.654. The van der Waals surface area contributed by atoms with E-state index in [1.165, 1.54) is 18.4 Å². The summed E-state index contributed by atoms with van der Waals surface area (Å²) in [5.74, 6) is -0.636. The summed E-state index contributed by atoms with van der Waals surface area (Å²) in [5.41, 5.74) is 0.616. The second-order valence-electron chi connectivity index (χ2n) is 7.99. The minimum absolute atomic E-state index is 0.233. The van der Waals surface area contributed by atoms with E-state index in [2.05, 4.69) is 5.16 Å². The molecule has 2 aliphatic heterocycles.